The molecule has 0 aromatic carbocycles. The molecule has 0 aromatic rings. The highest BCUT2D eigenvalue weighted by molar-refractivity contribution is 6.21. The summed E-state index contributed by atoms with van der Waals surface area (Å²) in [6.07, 6.45) is 6.40. The Bertz CT molecular complexity index is 235. The summed E-state index contributed by atoms with van der Waals surface area (Å²) in [5.74, 6) is 0. The summed E-state index contributed by atoms with van der Waals surface area (Å²) < 4.78 is 17.1. The fourth-order valence-electron chi connectivity index (χ4n) is 2.75. The molecule has 2 saturated carbocycles. The van der Waals surface area contributed by atoms with Crippen molar-refractivity contribution in [3.63, 3.8) is 0 Å². The molecule has 2 fully saturated rings. The standard InChI is InChI=1S/C13H23ClO3/c1-3-16-13-11(14)8-12(13)17-10-6-4-5-9(7-10)15-2/h9-13H,3-8H2,1-2H3. The van der Waals surface area contributed by atoms with Crippen LogP contribution in [0.25, 0.3) is 0 Å². The van der Waals surface area contributed by atoms with E-state index in [9.17, 15) is 0 Å². The third-order valence-corrected chi connectivity index (χ3v) is 4.24. The van der Waals surface area contributed by atoms with Crippen LogP contribution in [0.2, 0.25) is 0 Å². The Hall–Kier alpha value is 0.170. The molecule has 2 aliphatic rings. The average Bonchev–Trinajstić information content (AvgIpc) is 2.36. The highest BCUT2D eigenvalue weighted by Gasteiger charge is 2.43. The van der Waals surface area contributed by atoms with Crippen LogP contribution in [-0.2, 0) is 14.2 Å². The molecule has 0 bridgehead atoms. The van der Waals surface area contributed by atoms with Gasteiger partial charge in [0, 0.05) is 13.7 Å². The van der Waals surface area contributed by atoms with Crippen molar-refractivity contribution >= 4 is 11.6 Å². The van der Waals surface area contributed by atoms with Gasteiger partial charge >= 0.3 is 0 Å². The molecule has 4 heteroatoms. The second kappa shape index (κ2) is 6.37. The van der Waals surface area contributed by atoms with Crippen molar-refractivity contribution in [2.24, 2.45) is 0 Å². The zero-order chi connectivity index (χ0) is 12.3. The van der Waals surface area contributed by atoms with Gasteiger partial charge in [0.05, 0.1) is 23.7 Å². The minimum Gasteiger partial charge on any atom is -0.381 e. The van der Waals surface area contributed by atoms with E-state index >= 15 is 0 Å². The molecule has 0 aliphatic heterocycles. The van der Waals surface area contributed by atoms with Crippen molar-refractivity contribution in [3.05, 3.63) is 0 Å². The van der Waals surface area contributed by atoms with E-state index < -0.39 is 0 Å². The highest BCUT2D eigenvalue weighted by Crippen LogP contribution is 2.35. The van der Waals surface area contributed by atoms with E-state index in [0.717, 1.165) is 25.7 Å². The Morgan fingerprint density at radius 2 is 1.94 bits per heavy atom. The molecule has 0 heterocycles. The fourth-order valence-corrected chi connectivity index (χ4v) is 3.16. The molecule has 0 aromatic heterocycles. The lowest BCUT2D eigenvalue weighted by Crippen LogP contribution is -2.52. The molecule has 2 aliphatic carbocycles. The third kappa shape index (κ3) is 3.34. The Morgan fingerprint density at radius 1 is 1.18 bits per heavy atom. The zero-order valence-electron chi connectivity index (χ0n) is 10.7. The number of rotatable bonds is 5. The lowest BCUT2D eigenvalue weighted by atomic mass is 9.89. The van der Waals surface area contributed by atoms with Gasteiger partial charge in [-0.25, -0.2) is 0 Å². The van der Waals surface area contributed by atoms with Gasteiger partial charge < -0.3 is 14.2 Å². The lowest BCUT2D eigenvalue weighted by molar-refractivity contribution is -0.159. The van der Waals surface area contributed by atoms with E-state index in [4.69, 9.17) is 25.8 Å². The van der Waals surface area contributed by atoms with Crippen LogP contribution in [0.3, 0.4) is 0 Å². The van der Waals surface area contributed by atoms with Crippen LogP contribution in [0.4, 0.5) is 0 Å². The fraction of sp³-hybridized carbons (Fsp3) is 1.00. The van der Waals surface area contributed by atoms with Crippen molar-refractivity contribution in [2.75, 3.05) is 13.7 Å². The lowest BCUT2D eigenvalue weighted by Gasteiger charge is -2.43. The van der Waals surface area contributed by atoms with Gasteiger partial charge in [-0.2, -0.15) is 0 Å². The predicted octanol–water partition coefficient (Wildman–Crippen LogP) is 2.75. The summed E-state index contributed by atoms with van der Waals surface area (Å²) in [7, 11) is 1.79. The molecular formula is C13H23ClO3. The molecule has 5 unspecified atom stereocenters. The van der Waals surface area contributed by atoms with Crippen molar-refractivity contribution < 1.29 is 14.2 Å². The number of hydrogen-bond acceptors (Lipinski definition) is 3. The predicted molar refractivity (Wildman–Crippen MR) is 67.6 cm³/mol. The molecule has 5 atom stereocenters. The third-order valence-electron chi connectivity index (χ3n) is 3.82. The topological polar surface area (TPSA) is 27.7 Å². The van der Waals surface area contributed by atoms with Crippen LogP contribution in [0.5, 0.6) is 0 Å². The van der Waals surface area contributed by atoms with Crippen LogP contribution < -0.4 is 0 Å². The second-order valence-electron chi connectivity index (χ2n) is 4.99. The van der Waals surface area contributed by atoms with Crippen molar-refractivity contribution in [3.8, 4) is 0 Å². The minimum absolute atomic E-state index is 0.0876. The van der Waals surface area contributed by atoms with E-state index in [0.29, 0.717) is 18.8 Å². The Kier molecular flexibility index (Phi) is 5.10. The van der Waals surface area contributed by atoms with E-state index in [1.165, 1.54) is 6.42 Å². The number of alkyl halides is 1. The smallest absolute Gasteiger partial charge is 0.100 e. The van der Waals surface area contributed by atoms with Crippen molar-refractivity contribution in [2.45, 2.75) is 68.8 Å². The molecule has 3 nitrogen and oxygen atoms in total. The van der Waals surface area contributed by atoms with E-state index in [2.05, 4.69) is 0 Å². The molecular weight excluding hydrogens is 240 g/mol. The van der Waals surface area contributed by atoms with Crippen molar-refractivity contribution in [1.29, 1.82) is 0 Å². The largest absolute Gasteiger partial charge is 0.381 e. The van der Waals surface area contributed by atoms with Crippen LogP contribution in [0.15, 0.2) is 0 Å². The molecule has 17 heavy (non-hydrogen) atoms. The Balaban J connectivity index is 1.76. The quantitative estimate of drug-likeness (QED) is 0.713. The van der Waals surface area contributed by atoms with Gasteiger partial charge in [0.2, 0.25) is 0 Å². The maximum Gasteiger partial charge on any atom is 0.100 e. The molecule has 100 valence electrons. The highest BCUT2D eigenvalue weighted by atomic mass is 35.5. The first kappa shape index (κ1) is 13.6. The molecule has 0 radical (unpaired) electrons. The Labute approximate surface area is 109 Å². The summed E-state index contributed by atoms with van der Waals surface area (Å²) in [6.45, 7) is 2.71. The van der Waals surface area contributed by atoms with Gasteiger partial charge in [0.1, 0.15) is 6.10 Å². The van der Waals surface area contributed by atoms with E-state index in [1.54, 1.807) is 7.11 Å². The van der Waals surface area contributed by atoms with Gasteiger partial charge in [-0.1, -0.05) is 0 Å². The van der Waals surface area contributed by atoms with Gasteiger partial charge in [0.25, 0.3) is 0 Å². The summed E-state index contributed by atoms with van der Waals surface area (Å²) in [4.78, 5) is 0. The summed E-state index contributed by atoms with van der Waals surface area (Å²) in [5, 5.41) is 0.127. The average molecular weight is 263 g/mol. The summed E-state index contributed by atoms with van der Waals surface area (Å²) >= 11 is 6.13. The number of ether oxygens (including phenoxy) is 3. The maximum atomic E-state index is 6.13. The van der Waals surface area contributed by atoms with Crippen LogP contribution in [0, 0.1) is 0 Å². The molecule has 0 spiro atoms. The first-order chi connectivity index (χ1) is 8.24. The van der Waals surface area contributed by atoms with E-state index in [-0.39, 0.29) is 17.6 Å². The van der Waals surface area contributed by atoms with Gasteiger partial charge in [-0.05, 0) is 39.0 Å². The number of methoxy groups -OCH3 is 1. The normalized spacial score (nSPS) is 42.2. The first-order valence-corrected chi connectivity index (χ1v) is 7.12. The zero-order valence-corrected chi connectivity index (χ0v) is 11.5. The maximum absolute atomic E-state index is 6.13. The molecule has 0 N–H and O–H groups in total. The molecule has 0 amide bonds. The SMILES string of the molecule is CCOC1C(Cl)CC1OC1CCCC(OC)C1. The van der Waals surface area contributed by atoms with Gasteiger partial charge in [0.15, 0.2) is 0 Å². The van der Waals surface area contributed by atoms with E-state index in [1.807, 2.05) is 6.92 Å². The van der Waals surface area contributed by atoms with Crippen LogP contribution in [-0.4, -0.2) is 43.5 Å². The summed E-state index contributed by atoms with van der Waals surface area (Å²) in [6, 6.07) is 0. The van der Waals surface area contributed by atoms with Gasteiger partial charge in [-0.3, -0.25) is 0 Å². The van der Waals surface area contributed by atoms with Crippen molar-refractivity contribution in [1.82, 2.24) is 0 Å². The first-order valence-electron chi connectivity index (χ1n) is 6.68. The van der Waals surface area contributed by atoms with Crippen LogP contribution >= 0.6 is 11.6 Å². The second-order valence-corrected chi connectivity index (χ2v) is 5.55. The minimum atomic E-state index is 0.0876. The molecule has 2 rings (SSSR count). The van der Waals surface area contributed by atoms with Crippen LogP contribution in [0.1, 0.15) is 39.0 Å². The number of hydrogen-bond donors (Lipinski definition) is 0. The summed E-state index contributed by atoms with van der Waals surface area (Å²) in [5.41, 5.74) is 0. The van der Waals surface area contributed by atoms with Gasteiger partial charge in [-0.15, -0.1) is 11.6 Å². The Morgan fingerprint density at radius 3 is 2.59 bits per heavy atom. The number of halogens is 1. The molecule has 0 saturated heterocycles. The monoisotopic (exact) mass is 262 g/mol.